The van der Waals surface area contributed by atoms with Crippen molar-refractivity contribution in [2.75, 3.05) is 30.5 Å². The van der Waals surface area contributed by atoms with Crippen LogP contribution in [0.4, 0.5) is 0 Å². The Balaban J connectivity index is 2.44. The maximum atomic E-state index is 11.6. The molecular weight excluding hydrogens is 246 g/mol. The van der Waals surface area contributed by atoms with Gasteiger partial charge in [-0.05, 0) is 25.3 Å². The molecule has 1 heterocycles. The lowest BCUT2D eigenvalue weighted by atomic mass is 10.1. The van der Waals surface area contributed by atoms with Gasteiger partial charge >= 0.3 is 0 Å². The molecule has 0 aliphatic carbocycles. The van der Waals surface area contributed by atoms with Crippen molar-refractivity contribution in [2.24, 2.45) is 5.92 Å². The van der Waals surface area contributed by atoms with Crippen molar-refractivity contribution in [2.45, 2.75) is 32.7 Å². The predicted octanol–water partition coefficient (Wildman–Crippen LogP) is 1.76. The van der Waals surface area contributed by atoms with Gasteiger partial charge in [0.05, 0.1) is 5.75 Å². The molecule has 0 N–H and O–H groups in total. The number of halogens is 1. The van der Waals surface area contributed by atoms with Crippen LogP contribution in [0.25, 0.3) is 0 Å². The molecular formula is C11H22ClNO2S. The molecule has 0 bridgehead atoms. The molecule has 1 rings (SSSR count). The standard InChI is InChI=1S/C11H22ClNO2S/c1-3-7-16(14,15)8-6-13-5-4-10(2)11(13)9-12/h10-11H,3-9H2,1-2H3. The highest BCUT2D eigenvalue weighted by Gasteiger charge is 2.30. The van der Waals surface area contributed by atoms with Crippen LogP contribution in [0.2, 0.25) is 0 Å². The average Bonchev–Trinajstić information content (AvgIpc) is 2.56. The highest BCUT2D eigenvalue weighted by atomic mass is 35.5. The Kier molecular flexibility index (Phi) is 5.54. The van der Waals surface area contributed by atoms with Gasteiger partial charge in [0, 0.05) is 24.2 Å². The molecule has 1 saturated heterocycles. The first-order valence-corrected chi connectivity index (χ1v) is 8.36. The molecule has 0 aromatic rings. The molecule has 96 valence electrons. The summed E-state index contributed by atoms with van der Waals surface area (Å²) in [5, 5.41) is 0. The van der Waals surface area contributed by atoms with Crippen LogP contribution >= 0.6 is 11.6 Å². The number of sulfone groups is 1. The van der Waals surface area contributed by atoms with Crippen molar-refractivity contribution in [1.82, 2.24) is 4.90 Å². The number of alkyl halides is 1. The second kappa shape index (κ2) is 6.22. The van der Waals surface area contributed by atoms with E-state index >= 15 is 0 Å². The summed E-state index contributed by atoms with van der Waals surface area (Å²) in [6.07, 6.45) is 1.84. The zero-order valence-corrected chi connectivity index (χ0v) is 11.7. The first-order valence-electron chi connectivity index (χ1n) is 6.00. The lowest BCUT2D eigenvalue weighted by Gasteiger charge is -2.24. The van der Waals surface area contributed by atoms with E-state index in [4.69, 9.17) is 11.6 Å². The van der Waals surface area contributed by atoms with Crippen molar-refractivity contribution in [3.05, 3.63) is 0 Å². The van der Waals surface area contributed by atoms with Crippen molar-refractivity contribution < 1.29 is 8.42 Å². The minimum atomic E-state index is -2.85. The zero-order valence-electron chi connectivity index (χ0n) is 10.2. The van der Waals surface area contributed by atoms with Crippen molar-refractivity contribution >= 4 is 21.4 Å². The third-order valence-corrected chi connectivity index (χ3v) is 5.51. The summed E-state index contributed by atoms with van der Waals surface area (Å²) in [7, 11) is -2.85. The van der Waals surface area contributed by atoms with Gasteiger partial charge in [-0.3, -0.25) is 4.90 Å². The SMILES string of the molecule is CCCS(=O)(=O)CCN1CCC(C)C1CCl. The van der Waals surface area contributed by atoms with Gasteiger partial charge in [-0.2, -0.15) is 0 Å². The molecule has 1 aliphatic rings. The molecule has 5 heteroatoms. The van der Waals surface area contributed by atoms with Crippen LogP contribution in [0.5, 0.6) is 0 Å². The van der Waals surface area contributed by atoms with E-state index in [2.05, 4.69) is 11.8 Å². The quantitative estimate of drug-likeness (QED) is 0.689. The zero-order chi connectivity index (χ0) is 12.2. The maximum absolute atomic E-state index is 11.6. The maximum Gasteiger partial charge on any atom is 0.151 e. The van der Waals surface area contributed by atoms with E-state index in [-0.39, 0.29) is 5.75 Å². The monoisotopic (exact) mass is 267 g/mol. The van der Waals surface area contributed by atoms with Gasteiger partial charge < -0.3 is 0 Å². The highest BCUT2D eigenvalue weighted by molar-refractivity contribution is 7.91. The highest BCUT2D eigenvalue weighted by Crippen LogP contribution is 2.24. The topological polar surface area (TPSA) is 37.4 Å². The molecule has 0 aromatic carbocycles. The molecule has 16 heavy (non-hydrogen) atoms. The van der Waals surface area contributed by atoms with Crippen LogP contribution in [0, 0.1) is 5.92 Å². The summed E-state index contributed by atoms with van der Waals surface area (Å²) in [6.45, 7) is 5.72. The Morgan fingerprint density at radius 1 is 1.38 bits per heavy atom. The fourth-order valence-electron chi connectivity index (χ4n) is 2.28. The van der Waals surface area contributed by atoms with Crippen molar-refractivity contribution in [3.8, 4) is 0 Å². The van der Waals surface area contributed by atoms with Crippen LogP contribution < -0.4 is 0 Å². The Hall–Kier alpha value is 0.200. The number of hydrogen-bond donors (Lipinski definition) is 0. The van der Waals surface area contributed by atoms with E-state index in [1.807, 2.05) is 6.92 Å². The van der Waals surface area contributed by atoms with Crippen molar-refractivity contribution in [3.63, 3.8) is 0 Å². The first kappa shape index (κ1) is 14.3. The Morgan fingerprint density at radius 3 is 2.62 bits per heavy atom. The molecule has 0 spiro atoms. The lowest BCUT2D eigenvalue weighted by molar-refractivity contribution is 0.264. The normalized spacial score (nSPS) is 27.4. The van der Waals surface area contributed by atoms with Gasteiger partial charge in [0.2, 0.25) is 0 Å². The second-order valence-electron chi connectivity index (χ2n) is 4.68. The van der Waals surface area contributed by atoms with Gasteiger partial charge in [0.1, 0.15) is 0 Å². The molecule has 0 saturated carbocycles. The van der Waals surface area contributed by atoms with E-state index in [0.29, 0.717) is 36.6 Å². The van der Waals surface area contributed by atoms with Gasteiger partial charge in [-0.25, -0.2) is 8.42 Å². The van der Waals surface area contributed by atoms with Crippen LogP contribution in [0.1, 0.15) is 26.7 Å². The van der Waals surface area contributed by atoms with Crippen LogP contribution in [-0.2, 0) is 9.84 Å². The minimum Gasteiger partial charge on any atom is -0.298 e. The summed E-state index contributed by atoms with van der Waals surface area (Å²) >= 11 is 5.92. The van der Waals surface area contributed by atoms with E-state index in [1.165, 1.54) is 0 Å². The lowest BCUT2D eigenvalue weighted by Crippen LogP contribution is -2.37. The van der Waals surface area contributed by atoms with E-state index in [0.717, 1.165) is 13.0 Å². The smallest absolute Gasteiger partial charge is 0.151 e. The fourth-order valence-corrected chi connectivity index (χ4v) is 4.12. The van der Waals surface area contributed by atoms with Crippen molar-refractivity contribution in [1.29, 1.82) is 0 Å². The Bertz CT molecular complexity index is 305. The summed E-state index contributed by atoms with van der Waals surface area (Å²) in [5.74, 6) is 1.78. The van der Waals surface area contributed by atoms with Gasteiger partial charge in [-0.15, -0.1) is 11.6 Å². The number of likely N-dealkylation sites (tertiary alicyclic amines) is 1. The van der Waals surface area contributed by atoms with Crippen LogP contribution in [0.3, 0.4) is 0 Å². The third kappa shape index (κ3) is 3.90. The van der Waals surface area contributed by atoms with Crippen LogP contribution in [0.15, 0.2) is 0 Å². The van der Waals surface area contributed by atoms with Gasteiger partial charge in [-0.1, -0.05) is 13.8 Å². The molecule has 0 aromatic heterocycles. The summed E-state index contributed by atoms with van der Waals surface area (Å²) in [5.41, 5.74) is 0. The number of rotatable bonds is 6. The van der Waals surface area contributed by atoms with Crippen LogP contribution in [-0.4, -0.2) is 49.8 Å². The molecule has 3 nitrogen and oxygen atoms in total. The predicted molar refractivity (Wildman–Crippen MR) is 68.8 cm³/mol. The molecule has 1 fully saturated rings. The number of nitrogens with zero attached hydrogens (tertiary/aromatic N) is 1. The molecule has 0 amide bonds. The molecule has 2 atom stereocenters. The molecule has 1 aliphatic heterocycles. The minimum absolute atomic E-state index is 0.279. The third-order valence-electron chi connectivity index (χ3n) is 3.36. The summed E-state index contributed by atoms with van der Waals surface area (Å²) < 4.78 is 23.2. The van der Waals surface area contributed by atoms with E-state index in [9.17, 15) is 8.42 Å². The summed E-state index contributed by atoms with van der Waals surface area (Å²) in [4.78, 5) is 2.23. The molecule has 2 unspecified atom stereocenters. The molecule has 0 radical (unpaired) electrons. The van der Waals surface area contributed by atoms with Gasteiger partial charge in [0.25, 0.3) is 0 Å². The average molecular weight is 268 g/mol. The largest absolute Gasteiger partial charge is 0.298 e. The van der Waals surface area contributed by atoms with E-state index in [1.54, 1.807) is 0 Å². The summed E-state index contributed by atoms with van der Waals surface area (Å²) in [6, 6.07) is 0.360. The van der Waals surface area contributed by atoms with Gasteiger partial charge in [0.15, 0.2) is 9.84 Å². The van der Waals surface area contributed by atoms with E-state index < -0.39 is 9.84 Å². The second-order valence-corrected chi connectivity index (χ2v) is 7.29. The first-order chi connectivity index (χ1) is 7.50. The number of hydrogen-bond acceptors (Lipinski definition) is 3. The Morgan fingerprint density at radius 2 is 2.06 bits per heavy atom. The fraction of sp³-hybridized carbons (Fsp3) is 1.00. The Labute approximate surface area is 104 Å².